The Morgan fingerprint density at radius 1 is 1.26 bits per heavy atom. The van der Waals surface area contributed by atoms with Crippen LogP contribution in [0.3, 0.4) is 0 Å². The first-order valence-electron chi connectivity index (χ1n) is 6.45. The number of rotatable bonds is 4. The zero-order chi connectivity index (χ0) is 16.4. The van der Waals surface area contributed by atoms with Gasteiger partial charge in [-0.2, -0.15) is 0 Å². The molecule has 23 heavy (non-hydrogen) atoms. The van der Waals surface area contributed by atoms with Crippen LogP contribution in [0, 0.1) is 0 Å². The Morgan fingerprint density at radius 3 is 2.78 bits per heavy atom. The van der Waals surface area contributed by atoms with Crippen molar-refractivity contribution in [3.63, 3.8) is 0 Å². The number of hydrogen-bond acceptors (Lipinski definition) is 4. The van der Waals surface area contributed by atoms with Gasteiger partial charge in [0, 0.05) is 27.3 Å². The van der Waals surface area contributed by atoms with Gasteiger partial charge < -0.3 is 0 Å². The number of carbonyl (C=O) groups excluding carboxylic acids is 1. The van der Waals surface area contributed by atoms with E-state index in [9.17, 15) is 4.79 Å². The molecule has 1 amide bonds. The first-order chi connectivity index (χ1) is 11.0. The SMILES string of the molecule is O=C(Nc1ncc(Cc2ccc(Cl)c(Cl)c2)s1)c1cc(Br)cs1. The molecule has 3 rings (SSSR count). The summed E-state index contributed by atoms with van der Waals surface area (Å²) in [6.07, 6.45) is 2.45. The van der Waals surface area contributed by atoms with Gasteiger partial charge in [-0.25, -0.2) is 4.98 Å². The van der Waals surface area contributed by atoms with Crippen LogP contribution in [0.25, 0.3) is 0 Å². The Hall–Kier alpha value is -0.920. The second-order valence-electron chi connectivity index (χ2n) is 4.64. The number of amides is 1. The molecule has 3 aromatic rings. The van der Waals surface area contributed by atoms with Crippen molar-refractivity contribution in [2.75, 3.05) is 5.32 Å². The Balaban J connectivity index is 1.68. The lowest BCUT2D eigenvalue weighted by Crippen LogP contribution is -2.09. The van der Waals surface area contributed by atoms with Crippen molar-refractivity contribution < 1.29 is 4.79 Å². The van der Waals surface area contributed by atoms with Crippen LogP contribution < -0.4 is 5.32 Å². The molecule has 0 fully saturated rings. The number of thiazole rings is 1. The molecule has 0 radical (unpaired) electrons. The number of hydrogen-bond donors (Lipinski definition) is 1. The highest BCUT2D eigenvalue weighted by atomic mass is 79.9. The summed E-state index contributed by atoms with van der Waals surface area (Å²) in [6.45, 7) is 0. The highest BCUT2D eigenvalue weighted by Crippen LogP contribution is 2.27. The molecule has 118 valence electrons. The Kier molecular flexibility index (Phi) is 5.38. The molecule has 1 aromatic carbocycles. The van der Waals surface area contributed by atoms with Crippen LogP contribution in [0.4, 0.5) is 5.13 Å². The summed E-state index contributed by atoms with van der Waals surface area (Å²) in [5, 5.41) is 6.32. The van der Waals surface area contributed by atoms with E-state index in [0.717, 1.165) is 14.9 Å². The number of thiophene rings is 1. The minimum Gasteiger partial charge on any atom is -0.297 e. The van der Waals surface area contributed by atoms with Crippen molar-refractivity contribution in [1.29, 1.82) is 0 Å². The van der Waals surface area contributed by atoms with Gasteiger partial charge in [0.2, 0.25) is 0 Å². The van der Waals surface area contributed by atoms with Gasteiger partial charge in [0.15, 0.2) is 5.13 Å². The summed E-state index contributed by atoms with van der Waals surface area (Å²) in [7, 11) is 0. The molecule has 2 heterocycles. The van der Waals surface area contributed by atoms with Crippen molar-refractivity contribution in [3.05, 3.63) is 65.7 Å². The van der Waals surface area contributed by atoms with Crippen molar-refractivity contribution in [2.45, 2.75) is 6.42 Å². The van der Waals surface area contributed by atoms with E-state index in [2.05, 4.69) is 26.2 Å². The third-order valence-corrected chi connectivity index (χ3v) is 6.27. The first kappa shape index (κ1) is 16.9. The predicted molar refractivity (Wildman–Crippen MR) is 101 cm³/mol. The lowest BCUT2D eigenvalue weighted by atomic mass is 10.1. The van der Waals surface area contributed by atoms with Gasteiger partial charge in [0.05, 0.1) is 14.9 Å². The molecular weight excluding hydrogens is 439 g/mol. The zero-order valence-electron chi connectivity index (χ0n) is 11.5. The predicted octanol–water partition coefficient (Wildman–Crippen LogP) is 6.12. The summed E-state index contributed by atoms with van der Waals surface area (Å²) in [6, 6.07) is 7.32. The molecule has 1 N–H and O–H groups in total. The fourth-order valence-corrected chi connectivity index (χ4v) is 4.37. The molecule has 8 heteroatoms. The fourth-order valence-electron chi connectivity index (χ4n) is 1.89. The summed E-state index contributed by atoms with van der Waals surface area (Å²) in [5.41, 5.74) is 1.04. The molecule has 0 saturated heterocycles. The van der Waals surface area contributed by atoms with E-state index in [1.54, 1.807) is 18.3 Å². The van der Waals surface area contributed by atoms with Crippen LogP contribution in [0.1, 0.15) is 20.1 Å². The van der Waals surface area contributed by atoms with Crippen LogP contribution in [-0.4, -0.2) is 10.9 Å². The quantitative estimate of drug-likeness (QED) is 0.523. The lowest BCUT2D eigenvalue weighted by molar-refractivity contribution is 0.103. The van der Waals surface area contributed by atoms with Gasteiger partial charge in [0.25, 0.3) is 5.91 Å². The zero-order valence-corrected chi connectivity index (χ0v) is 16.2. The normalized spacial score (nSPS) is 10.7. The van der Waals surface area contributed by atoms with Gasteiger partial charge in [-0.15, -0.1) is 22.7 Å². The molecule has 0 unspecified atom stereocenters. The van der Waals surface area contributed by atoms with Gasteiger partial charge in [0.1, 0.15) is 0 Å². The average Bonchev–Trinajstić information content (AvgIpc) is 3.12. The highest BCUT2D eigenvalue weighted by Gasteiger charge is 2.11. The lowest BCUT2D eigenvalue weighted by Gasteiger charge is -2.01. The van der Waals surface area contributed by atoms with Crippen LogP contribution >= 0.6 is 61.8 Å². The standard InChI is InChI=1S/C15H9BrCl2N2OS2/c16-9-5-13(22-7-9)14(21)20-15-19-6-10(23-15)3-8-1-2-11(17)12(18)4-8/h1-2,4-7H,3H2,(H,19,20,21). The summed E-state index contributed by atoms with van der Waals surface area (Å²) in [5.74, 6) is -0.156. The second kappa shape index (κ2) is 7.32. The first-order valence-corrected chi connectivity index (χ1v) is 9.70. The van der Waals surface area contributed by atoms with Crippen LogP contribution in [0.15, 0.2) is 40.3 Å². The number of benzene rings is 1. The molecule has 0 bridgehead atoms. The largest absolute Gasteiger partial charge is 0.297 e. The maximum Gasteiger partial charge on any atom is 0.267 e. The number of aromatic nitrogens is 1. The molecule has 0 aliphatic heterocycles. The van der Waals surface area contributed by atoms with E-state index >= 15 is 0 Å². The molecule has 0 aliphatic carbocycles. The van der Waals surface area contributed by atoms with E-state index in [4.69, 9.17) is 23.2 Å². The average molecular weight is 448 g/mol. The van der Waals surface area contributed by atoms with Crippen LogP contribution in [0.2, 0.25) is 10.0 Å². The monoisotopic (exact) mass is 446 g/mol. The van der Waals surface area contributed by atoms with Gasteiger partial charge in [-0.05, 0) is 39.7 Å². The molecule has 0 saturated carbocycles. The summed E-state index contributed by atoms with van der Waals surface area (Å²) < 4.78 is 0.895. The molecular formula is C15H9BrCl2N2OS2. The van der Waals surface area contributed by atoms with E-state index < -0.39 is 0 Å². The molecule has 0 spiro atoms. The maximum absolute atomic E-state index is 12.1. The second-order valence-corrected chi connectivity index (χ2v) is 8.40. The number of anilines is 1. The van der Waals surface area contributed by atoms with Crippen molar-refractivity contribution in [3.8, 4) is 0 Å². The highest BCUT2D eigenvalue weighted by molar-refractivity contribution is 9.10. The number of nitrogens with zero attached hydrogens (tertiary/aromatic N) is 1. The van der Waals surface area contributed by atoms with E-state index in [0.29, 0.717) is 26.5 Å². The summed E-state index contributed by atoms with van der Waals surface area (Å²) in [4.78, 5) is 18.0. The third kappa shape index (κ3) is 4.33. The number of carbonyl (C=O) groups is 1. The minimum atomic E-state index is -0.156. The number of nitrogens with one attached hydrogen (secondary N) is 1. The van der Waals surface area contributed by atoms with Gasteiger partial charge in [-0.3, -0.25) is 10.1 Å². The number of halogens is 3. The Bertz CT molecular complexity index is 863. The van der Waals surface area contributed by atoms with E-state index in [1.807, 2.05) is 17.5 Å². The Labute approximate surface area is 159 Å². The topological polar surface area (TPSA) is 42.0 Å². The molecule has 2 aromatic heterocycles. The smallest absolute Gasteiger partial charge is 0.267 e. The van der Waals surface area contributed by atoms with Crippen LogP contribution in [0.5, 0.6) is 0 Å². The van der Waals surface area contributed by atoms with Gasteiger partial charge in [-0.1, -0.05) is 29.3 Å². The van der Waals surface area contributed by atoms with Crippen LogP contribution in [-0.2, 0) is 6.42 Å². The van der Waals surface area contributed by atoms with Crippen molar-refractivity contribution in [1.82, 2.24) is 4.98 Å². The third-order valence-electron chi connectivity index (χ3n) is 2.93. The minimum absolute atomic E-state index is 0.156. The summed E-state index contributed by atoms with van der Waals surface area (Å²) >= 11 is 18.1. The molecule has 3 nitrogen and oxygen atoms in total. The van der Waals surface area contributed by atoms with E-state index in [-0.39, 0.29) is 5.91 Å². The van der Waals surface area contributed by atoms with Crippen molar-refractivity contribution >= 4 is 72.8 Å². The fraction of sp³-hybridized carbons (Fsp3) is 0.0667. The maximum atomic E-state index is 12.1. The molecule has 0 aliphatic rings. The Morgan fingerprint density at radius 2 is 2.09 bits per heavy atom. The van der Waals surface area contributed by atoms with E-state index in [1.165, 1.54) is 22.7 Å². The van der Waals surface area contributed by atoms with Gasteiger partial charge >= 0.3 is 0 Å². The molecule has 0 atom stereocenters. The van der Waals surface area contributed by atoms with Crippen molar-refractivity contribution in [2.24, 2.45) is 0 Å².